The maximum absolute atomic E-state index is 14.4. The van der Waals surface area contributed by atoms with Crippen molar-refractivity contribution >= 4 is 11.8 Å². The second-order valence-electron chi connectivity index (χ2n) is 15.7. The van der Waals surface area contributed by atoms with Gasteiger partial charge in [0.25, 0.3) is 0 Å². The minimum atomic E-state index is -1.03. The van der Waals surface area contributed by atoms with Gasteiger partial charge in [-0.15, -0.1) is 0 Å². The minimum absolute atomic E-state index is 0.0372. The molecular weight excluding hydrogens is 550 g/mol. The highest BCUT2D eigenvalue weighted by atomic mass is 16.5. The molecule has 1 aromatic carbocycles. The second kappa shape index (κ2) is 12.5. The number of amides is 2. The van der Waals surface area contributed by atoms with E-state index in [1.807, 2.05) is 44.2 Å². The normalized spacial score (nSPS) is 32.2. The largest absolute Gasteiger partial charge is 0.379 e. The lowest BCUT2D eigenvalue weighted by Crippen LogP contribution is -2.60. The maximum Gasteiger partial charge on any atom is 0.245 e. The van der Waals surface area contributed by atoms with E-state index < -0.39 is 11.1 Å². The highest BCUT2D eigenvalue weighted by Crippen LogP contribution is 2.66. The number of ether oxygens (including phenoxy) is 2. The molecule has 5 rings (SSSR count). The van der Waals surface area contributed by atoms with Gasteiger partial charge in [0.1, 0.15) is 5.54 Å². The molecule has 2 saturated heterocycles. The van der Waals surface area contributed by atoms with E-state index in [1.54, 1.807) is 4.90 Å². The van der Waals surface area contributed by atoms with Gasteiger partial charge in [0.2, 0.25) is 11.8 Å². The van der Waals surface area contributed by atoms with Crippen LogP contribution in [0.15, 0.2) is 42.0 Å². The molecule has 44 heavy (non-hydrogen) atoms. The lowest BCUT2D eigenvalue weighted by Gasteiger charge is -2.61. The van der Waals surface area contributed by atoms with Gasteiger partial charge in [-0.3, -0.25) is 14.5 Å². The van der Waals surface area contributed by atoms with Gasteiger partial charge in [-0.1, -0.05) is 63.6 Å². The number of hydrogen-bond acceptors (Lipinski definition) is 5. The zero-order valence-corrected chi connectivity index (χ0v) is 28.5. The zero-order valence-electron chi connectivity index (χ0n) is 28.5. The Morgan fingerprint density at radius 2 is 1.73 bits per heavy atom. The number of carbonyl (C=O) groups excluding carboxylic acids is 2. The van der Waals surface area contributed by atoms with Crippen molar-refractivity contribution in [2.24, 2.45) is 16.7 Å². The quantitative estimate of drug-likeness (QED) is 0.343. The third-order valence-corrected chi connectivity index (χ3v) is 11.9. The Morgan fingerprint density at radius 3 is 2.43 bits per heavy atom. The van der Waals surface area contributed by atoms with Gasteiger partial charge in [0.15, 0.2) is 0 Å². The van der Waals surface area contributed by atoms with E-state index in [-0.39, 0.29) is 34.7 Å². The van der Waals surface area contributed by atoms with Crippen molar-refractivity contribution in [3.05, 3.63) is 47.5 Å². The molecule has 2 aliphatic carbocycles. The second-order valence-corrected chi connectivity index (χ2v) is 15.7. The average molecular weight is 608 g/mol. The number of carbonyl (C=O) groups is 2. The first-order valence-electron chi connectivity index (χ1n) is 17.0. The van der Waals surface area contributed by atoms with Gasteiger partial charge < -0.3 is 19.7 Å². The Kier molecular flexibility index (Phi) is 9.44. The van der Waals surface area contributed by atoms with Crippen LogP contribution in [0.5, 0.6) is 0 Å². The topological polar surface area (TPSA) is 71.1 Å². The lowest BCUT2D eigenvalue weighted by molar-refractivity contribution is -0.193. The third-order valence-electron chi connectivity index (χ3n) is 11.9. The van der Waals surface area contributed by atoms with Gasteiger partial charge >= 0.3 is 0 Å². The summed E-state index contributed by atoms with van der Waals surface area (Å²) in [6.07, 6.45) is 9.19. The number of fused-ring (bicyclic) bond motifs is 2. The summed E-state index contributed by atoms with van der Waals surface area (Å²) in [5, 5.41) is 3.14. The Balaban J connectivity index is 1.34. The Labute approximate surface area is 266 Å². The number of morpholine rings is 1. The molecule has 4 aliphatic rings. The van der Waals surface area contributed by atoms with E-state index in [4.69, 9.17) is 9.47 Å². The number of allylic oxidation sites excluding steroid dienone is 1. The standard InChI is InChI=1S/C37H57N3O4/c1-28-14-15-30-33(2,3)16-11-17-36(30,7)37(28)19-18-35(6,44-37)26-31(41)40(27-29-12-9-8-10-13-29)34(4,5)32(42)38-20-21-39-22-24-43-25-23-39/h8-10,12-14,30H,11,15-27H2,1-7H3,(H,38,42)/t30-,35-,36-,37+/m0/s1. The molecule has 7 nitrogen and oxygen atoms in total. The number of nitrogens with zero attached hydrogens (tertiary/aromatic N) is 2. The Bertz CT molecular complexity index is 1220. The summed E-state index contributed by atoms with van der Waals surface area (Å²) >= 11 is 0. The van der Waals surface area contributed by atoms with Crippen molar-refractivity contribution < 1.29 is 19.1 Å². The highest BCUT2D eigenvalue weighted by Gasteiger charge is 2.64. The number of rotatable bonds is 9. The number of benzene rings is 1. The van der Waals surface area contributed by atoms with Crippen LogP contribution >= 0.6 is 0 Å². The van der Waals surface area contributed by atoms with Crippen LogP contribution in [-0.4, -0.2) is 77.7 Å². The fourth-order valence-electron chi connectivity index (χ4n) is 9.13. The van der Waals surface area contributed by atoms with E-state index in [1.165, 1.54) is 18.4 Å². The van der Waals surface area contributed by atoms with Crippen LogP contribution in [0.2, 0.25) is 0 Å². The molecule has 1 saturated carbocycles. The first-order valence-corrected chi connectivity index (χ1v) is 17.0. The van der Waals surface area contributed by atoms with E-state index in [0.717, 1.165) is 64.1 Å². The van der Waals surface area contributed by atoms with Gasteiger partial charge in [0, 0.05) is 38.1 Å². The van der Waals surface area contributed by atoms with E-state index in [0.29, 0.717) is 19.0 Å². The molecular formula is C37H57N3O4. The van der Waals surface area contributed by atoms with Crippen LogP contribution in [0.1, 0.15) is 99.0 Å². The average Bonchev–Trinajstić information content (AvgIpc) is 3.33. The van der Waals surface area contributed by atoms with E-state index in [9.17, 15) is 9.59 Å². The molecule has 2 aliphatic heterocycles. The van der Waals surface area contributed by atoms with Crippen molar-refractivity contribution in [2.75, 3.05) is 39.4 Å². The molecule has 2 amide bonds. The molecule has 2 heterocycles. The molecule has 0 radical (unpaired) electrons. The first kappa shape index (κ1) is 33.2. The molecule has 1 N–H and O–H groups in total. The molecule has 0 unspecified atom stereocenters. The van der Waals surface area contributed by atoms with Crippen molar-refractivity contribution in [3.63, 3.8) is 0 Å². The third kappa shape index (κ3) is 6.26. The summed E-state index contributed by atoms with van der Waals surface area (Å²) in [6.45, 7) is 20.4. The number of nitrogens with one attached hydrogen (secondary N) is 1. The monoisotopic (exact) mass is 607 g/mol. The van der Waals surface area contributed by atoms with Crippen LogP contribution in [0.25, 0.3) is 0 Å². The number of hydrogen-bond donors (Lipinski definition) is 1. The van der Waals surface area contributed by atoms with Crippen LogP contribution in [0.4, 0.5) is 0 Å². The summed E-state index contributed by atoms with van der Waals surface area (Å²) in [6, 6.07) is 10.0. The summed E-state index contributed by atoms with van der Waals surface area (Å²) in [5.41, 5.74) is 0.672. The molecule has 3 fully saturated rings. The fraction of sp³-hybridized carbons (Fsp3) is 0.730. The molecule has 1 aromatic rings. The van der Waals surface area contributed by atoms with Crippen molar-refractivity contribution in [2.45, 2.75) is 117 Å². The van der Waals surface area contributed by atoms with Crippen LogP contribution < -0.4 is 5.32 Å². The molecule has 4 atom stereocenters. The summed E-state index contributed by atoms with van der Waals surface area (Å²) < 4.78 is 12.8. The molecule has 0 bridgehead atoms. The minimum Gasteiger partial charge on any atom is -0.379 e. The van der Waals surface area contributed by atoms with E-state index in [2.05, 4.69) is 50.9 Å². The molecule has 7 heteroatoms. The van der Waals surface area contributed by atoms with Crippen LogP contribution in [-0.2, 0) is 25.6 Å². The van der Waals surface area contributed by atoms with Gasteiger partial charge in [-0.05, 0) is 82.3 Å². The smallest absolute Gasteiger partial charge is 0.245 e. The summed E-state index contributed by atoms with van der Waals surface area (Å²) in [4.78, 5) is 32.2. The van der Waals surface area contributed by atoms with Gasteiger partial charge in [0.05, 0.1) is 30.8 Å². The first-order chi connectivity index (χ1) is 20.7. The van der Waals surface area contributed by atoms with Gasteiger partial charge in [-0.2, -0.15) is 0 Å². The van der Waals surface area contributed by atoms with Crippen LogP contribution in [0, 0.1) is 16.7 Å². The predicted molar refractivity (Wildman–Crippen MR) is 175 cm³/mol. The SMILES string of the molecule is CC1=CC[C@H]2C(C)(C)CCC[C@]2(C)[C@@]12CC[C@@](C)(CC(=O)N(Cc1ccccc1)C(C)(C)C(=O)NCCN1CCOCC1)O2. The van der Waals surface area contributed by atoms with E-state index >= 15 is 0 Å². The summed E-state index contributed by atoms with van der Waals surface area (Å²) in [5.74, 6) is 0.389. The fourth-order valence-corrected chi connectivity index (χ4v) is 9.13. The van der Waals surface area contributed by atoms with Crippen molar-refractivity contribution in [1.29, 1.82) is 0 Å². The lowest BCUT2D eigenvalue weighted by atomic mass is 9.46. The maximum atomic E-state index is 14.4. The predicted octanol–water partition coefficient (Wildman–Crippen LogP) is 6.12. The molecule has 244 valence electrons. The molecule has 0 aromatic heterocycles. The van der Waals surface area contributed by atoms with Crippen molar-refractivity contribution in [1.82, 2.24) is 15.1 Å². The van der Waals surface area contributed by atoms with Crippen molar-refractivity contribution in [3.8, 4) is 0 Å². The Morgan fingerprint density at radius 1 is 1.02 bits per heavy atom. The zero-order chi connectivity index (χ0) is 31.8. The van der Waals surface area contributed by atoms with Gasteiger partial charge in [-0.25, -0.2) is 0 Å². The highest BCUT2D eigenvalue weighted by molar-refractivity contribution is 5.91. The van der Waals surface area contributed by atoms with Crippen LogP contribution in [0.3, 0.4) is 0 Å². The molecule has 1 spiro atoms. The Hall–Kier alpha value is -2.22. The summed E-state index contributed by atoms with van der Waals surface area (Å²) in [7, 11) is 0.